The van der Waals surface area contributed by atoms with Gasteiger partial charge >= 0.3 is 12.0 Å². The second-order valence-corrected chi connectivity index (χ2v) is 6.58. The number of carbonyl (C=O) groups is 2. The molecule has 1 heterocycles. The molecule has 1 rings (SSSR count). The van der Waals surface area contributed by atoms with E-state index in [0.717, 1.165) is 13.1 Å². The van der Waals surface area contributed by atoms with E-state index in [0.29, 0.717) is 6.54 Å². The summed E-state index contributed by atoms with van der Waals surface area (Å²) in [6, 6.07) is -1.04. The molecular weight excluding hydrogens is 258 g/mol. The van der Waals surface area contributed by atoms with Crippen LogP contribution in [-0.4, -0.2) is 53.7 Å². The number of amides is 2. The average molecular weight is 285 g/mol. The number of aliphatic carboxylic acids is 1. The molecule has 1 aliphatic heterocycles. The van der Waals surface area contributed by atoms with E-state index >= 15 is 0 Å². The minimum atomic E-state index is -1.01. The molecule has 2 atom stereocenters. The third-order valence-corrected chi connectivity index (χ3v) is 3.71. The number of hydrogen-bond donors (Lipinski definition) is 3. The van der Waals surface area contributed by atoms with Crippen molar-refractivity contribution < 1.29 is 14.7 Å². The minimum Gasteiger partial charge on any atom is -0.480 e. The summed E-state index contributed by atoms with van der Waals surface area (Å²) in [5.74, 6) is -1.01. The van der Waals surface area contributed by atoms with E-state index < -0.39 is 23.5 Å². The van der Waals surface area contributed by atoms with Gasteiger partial charge in [0.15, 0.2) is 0 Å². The number of nitrogens with zero attached hydrogens (tertiary/aromatic N) is 1. The fourth-order valence-corrected chi connectivity index (χ4v) is 2.38. The van der Waals surface area contributed by atoms with Gasteiger partial charge in [0.1, 0.15) is 6.04 Å². The van der Waals surface area contributed by atoms with Crippen molar-refractivity contribution in [3.8, 4) is 0 Å². The maximum atomic E-state index is 11.8. The Morgan fingerprint density at radius 1 is 1.25 bits per heavy atom. The van der Waals surface area contributed by atoms with Gasteiger partial charge in [0.2, 0.25) is 0 Å². The first-order chi connectivity index (χ1) is 9.21. The lowest BCUT2D eigenvalue weighted by atomic mass is 9.87. The van der Waals surface area contributed by atoms with Crippen molar-refractivity contribution in [2.24, 2.45) is 5.41 Å². The van der Waals surface area contributed by atoms with Gasteiger partial charge in [0, 0.05) is 12.6 Å². The van der Waals surface area contributed by atoms with E-state index in [1.54, 1.807) is 20.8 Å². The molecule has 20 heavy (non-hydrogen) atoms. The molecule has 0 aliphatic carbocycles. The first-order valence-electron chi connectivity index (χ1n) is 7.23. The van der Waals surface area contributed by atoms with Crippen molar-refractivity contribution in [2.75, 3.05) is 19.6 Å². The fourth-order valence-electron chi connectivity index (χ4n) is 2.38. The molecule has 0 aromatic heterocycles. The van der Waals surface area contributed by atoms with E-state index in [2.05, 4.69) is 22.5 Å². The first-order valence-corrected chi connectivity index (χ1v) is 7.23. The van der Waals surface area contributed by atoms with Crippen LogP contribution in [0.2, 0.25) is 0 Å². The lowest BCUT2D eigenvalue weighted by molar-refractivity contribution is -0.141. The summed E-state index contributed by atoms with van der Waals surface area (Å²) in [4.78, 5) is 25.3. The van der Waals surface area contributed by atoms with Crippen LogP contribution in [0.4, 0.5) is 4.79 Å². The molecule has 0 aromatic carbocycles. The molecule has 0 spiro atoms. The quantitative estimate of drug-likeness (QED) is 0.710. The molecule has 2 amide bonds. The van der Waals surface area contributed by atoms with E-state index in [-0.39, 0.29) is 6.04 Å². The van der Waals surface area contributed by atoms with Crippen molar-refractivity contribution >= 4 is 12.0 Å². The number of carbonyl (C=O) groups excluding carboxylic acids is 1. The van der Waals surface area contributed by atoms with Crippen LogP contribution in [0.3, 0.4) is 0 Å². The highest BCUT2D eigenvalue weighted by Gasteiger charge is 2.32. The predicted octanol–water partition coefficient (Wildman–Crippen LogP) is 1.27. The molecule has 6 heteroatoms. The van der Waals surface area contributed by atoms with Crippen LogP contribution in [-0.2, 0) is 4.79 Å². The molecule has 0 aromatic rings. The van der Waals surface area contributed by atoms with E-state index in [1.165, 1.54) is 12.8 Å². The summed E-state index contributed by atoms with van der Waals surface area (Å²) in [5, 5.41) is 14.5. The molecule has 1 fully saturated rings. The lowest BCUT2D eigenvalue weighted by Gasteiger charge is -2.28. The van der Waals surface area contributed by atoms with E-state index in [1.807, 2.05) is 0 Å². The largest absolute Gasteiger partial charge is 0.480 e. The van der Waals surface area contributed by atoms with Crippen molar-refractivity contribution in [1.82, 2.24) is 15.5 Å². The normalized spacial score (nSPS) is 19.4. The third kappa shape index (κ3) is 5.00. The average Bonchev–Trinajstić information content (AvgIpc) is 2.84. The molecule has 3 N–H and O–H groups in total. The van der Waals surface area contributed by atoms with Crippen molar-refractivity contribution in [3.05, 3.63) is 0 Å². The molecule has 6 nitrogen and oxygen atoms in total. The highest BCUT2D eigenvalue weighted by molar-refractivity contribution is 5.83. The highest BCUT2D eigenvalue weighted by atomic mass is 16.4. The van der Waals surface area contributed by atoms with Crippen molar-refractivity contribution in [2.45, 2.75) is 52.6 Å². The van der Waals surface area contributed by atoms with Crippen LogP contribution in [0.15, 0.2) is 0 Å². The van der Waals surface area contributed by atoms with Gasteiger partial charge < -0.3 is 15.7 Å². The summed E-state index contributed by atoms with van der Waals surface area (Å²) in [5.41, 5.74) is -0.524. The van der Waals surface area contributed by atoms with Gasteiger partial charge in [-0.05, 0) is 38.3 Å². The second kappa shape index (κ2) is 6.92. The summed E-state index contributed by atoms with van der Waals surface area (Å²) in [6.07, 6.45) is 2.42. The molecule has 0 saturated carbocycles. The number of nitrogens with one attached hydrogen (secondary N) is 2. The van der Waals surface area contributed by atoms with Crippen LogP contribution >= 0.6 is 0 Å². The highest BCUT2D eigenvalue weighted by Crippen LogP contribution is 2.19. The molecule has 0 bridgehead atoms. The van der Waals surface area contributed by atoms with Crippen LogP contribution < -0.4 is 10.6 Å². The summed E-state index contributed by atoms with van der Waals surface area (Å²) >= 11 is 0. The number of carboxylic acid groups (broad SMARTS) is 1. The van der Waals surface area contributed by atoms with Crippen molar-refractivity contribution in [1.29, 1.82) is 0 Å². The standard InChI is InChI=1S/C14H27N3O3/c1-10(17-7-5-6-8-17)9-15-13(20)16-11(12(18)19)14(2,3)4/h10-11H,5-9H2,1-4H3,(H,18,19)(H2,15,16,20)/t10?,11-/m0/s1. The number of carboxylic acids is 1. The zero-order valence-corrected chi connectivity index (χ0v) is 12.9. The molecule has 1 unspecified atom stereocenters. The Morgan fingerprint density at radius 3 is 2.25 bits per heavy atom. The summed E-state index contributed by atoms with van der Waals surface area (Å²) in [6.45, 7) is 10.1. The SMILES string of the molecule is CC(CNC(=O)N[C@@H](C(=O)O)C(C)(C)C)N1CCCC1. The van der Waals surface area contributed by atoms with Gasteiger partial charge in [0.05, 0.1) is 0 Å². The number of urea groups is 1. The Labute approximate surface area is 120 Å². The molecule has 1 aliphatic rings. The van der Waals surface area contributed by atoms with Gasteiger partial charge in [0.25, 0.3) is 0 Å². The Hall–Kier alpha value is -1.30. The zero-order valence-electron chi connectivity index (χ0n) is 12.9. The Kier molecular flexibility index (Phi) is 5.80. The first kappa shape index (κ1) is 16.8. The Morgan fingerprint density at radius 2 is 1.80 bits per heavy atom. The van der Waals surface area contributed by atoms with Gasteiger partial charge in [-0.2, -0.15) is 0 Å². The number of likely N-dealkylation sites (tertiary alicyclic amines) is 1. The lowest BCUT2D eigenvalue weighted by Crippen LogP contribution is -2.53. The Balaban J connectivity index is 2.40. The topological polar surface area (TPSA) is 81.7 Å². The second-order valence-electron chi connectivity index (χ2n) is 6.58. The zero-order chi connectivity index (χ0) is 15.3. The van der Waals surface area contributed by atoms with Crippen LogP contribution in [0.25, 0.3) is 0 Å². The number of hydrogen-bond acceptors (Lipinski definition) is 3. The van der Waals surface area contributed by atoms with E-state index in [9.17, 15) is 9.59 Å². The van der Waals surface area contributed by atoms with Crippen LogP contribution in [0.5, 0.6) is 0 Å². The Bertz CT molecular complexity index is 346. The van der Waals surface area contributed by atoms with E-state index in [4.69, 9.17) is 5.11 Å². The van der Waals surface area contributed by atoms with Gasteiger partial charge in [-0.1, -0.05) is 20.8 Å². The van der Waals surface area contributed by atoms with Gasteiger partial charge in [-0.3, -0.25) is 4.90 Å². The molecule has 1 saturated heterocycles. The molecule has 116 valence electrons. The maximum Gasteiger partial charge on any atom is 0.326 e. The number of rotatable bonds is 5. The summed E-state index contributed by atoms with van der Waals surface area (Å²) in [7, 11) is 0. The maximum absolute atomic E-state index is 11.8. The van der Waals surface area contributed by atoms with Crippen LogP contribution in [0.1, 0.15) is 40.5 Å². The van der Waals surface area contributed by atoms with Crippen LogP contribution in [0, 0.1) is 5.41 Å². The monoisotopic (exact) mass is 285 g/mol. The minimum absolute atomic E-state index is 0.279. The molecule has 0 radical (unpaired) electrons. The predicted molar refractivity (Wildman–Crippen MR) is 77.7 cm³/mol. The third-order valence-electron chi connectivity index (χ3n) is 3.71. The fraction of sp³-hybridized carbons (Fsp3) is 0.857. The van der Waals surface area contributed by atoms with Crippen molar-refractivity contribution in [3.63, 3.8) is 0 Å². The van der Waals surface area contributed by atoms with Gasteiger partial charge in [-0.15, -0.1) is 0 Å². The smallest absolute Gasteiger partial charge is 0.326 e. The molecular formula is C14H27N3O3. The summed E-state index contributed by atoms with van der Waals surface area (Å²) < 4.78 is 0. The van der Waals surface area contributed by atoms with Gasteiger partial charge in [-0.25, -0.2) is 9.59 Å².